The molecule has 1 heterocycles. The van der Waals surface area contributed by atoms with Gasteiger partial charge in [-0.15, -0.1) is 0 Å². The second-order valence-corrected chi connectivity index (χ2v) is 6.08. The maximum atomic E-state index is 12.3. The van der Waals surface area contributed by atoms with Crippen molar-refractivity contribution in [3.8, 4) is 5.75 Å². The molecule has 25 heavy (non-hydrogen) atoms. The summed E-state index contributed by atoms with van der Waals surface area (Å²) >= 11 is 0. The number of hydrogen-bond acceptors (Lipinski definition) is 3. The lowest BCUT2D eigenvalue weighted by Crippen LogP contribution is -2.34. The lowest BCUT2D eigenvalue weighted by atomic mass is 9.87. The van der Waals surface area contributed by atoms with E-state index in [1.54, 1.807) is 29.9 Å². The molecular weight excluding hydrogens is 330 g/mol. The van der Waals surface area contributed by atoms with Crippen LogP contribution < -0.4 is 15.4 Å². The molecule has 0 saturated heterocycles. The van der Waals surface area contributed by atoms with Crippen molar-refractivity contribution in [2.45, 2.75) is 38.8 Å². The Balaban J connectivity index is 1.69. The Bertz CT molecular complexity index is 757. The second kappa shape index (κ2) is 7.08. The maximum absolute atomic E-state index is 12.3. The first-order chi connectivity index (χ1) is 11.9. The lowest BCUT2D eigenvalue weighted by molar-refractivity contribution is -0.0499. The van der Waals surface area contributed by atoms with E-state index in [1.807, 2.05) is 6.92 Å². The third-order valence-corrected chi connectivity index (χ3v) is 4.31. The summed E-state index contributed by atoms with van der Waals surface area (Å²) in [5.41, 5.74) is 2.79. The van der Waals surface area contributed by atoms with Crippen molar-refractivity contribution in [3.63, 3.8) is 0 Å². The van der Waals surface area contributed by atoms with E-state index in [0.717, 1.165) is 36.1 Å². The van der Waals surface area contributed by atoms with Crippen molar-refractivity contribution in [1.29, 1.82) is 0 Å². The van der Waals surface area contributed by atoms with Crippen LogP contribution in [0.1, 0.15) is 35.7 Å². The van der Waals surface area contributed by atoms with E-state index < -0.39 is 6.61 Å². The van der Waals surface area contributed by atoms with Gasteiger partial charge in [-0.05, 0) is 49.4 Å². The van der Waals surface area contributed by atoms with E-state index in [4.69, 9.17) is 0 Å². The zero-order chi connectivity index (χ0) is 18.0. The Hall–Kier alpha value is -2.64. The van der Waals surface area contributed by atoms with Crippen molar-refractivity contribution in [2.75, 3.05) is 5.32 Å². The smallest absolute Gasteiger partial charge is 0.387 e. The van der Waals surface area contributed by atoms with Crippen LogP contribution in [0.5, 0.6) is 5.75 Å². The normalized spacial score (nSPS) is 16.4. The van der Waals surface area contributed by atoms with Crippen molar-refractivity contribution < 1.29 is 18.3 Å². The fraction of sp³-hybridized carbons (Fsp3) is 0.412. The number of aryl methyl sites for hydroxylation is 3. The number of ether oxygens (including phenoxy) is 1. The van der Waals surface area contributed by atoms with Gasteiger partial charge in [0.25, 0.3) is 0 Å². The van der Waals surface area contributed by atoms with Crippen molar-refractivity contribution in [3.05, 3.63) is 41.1 Å². The number of hydrogen-bond donors (Lipinski definition) is 2. The molecule has 0 spiro atoms. The van der Waals surface area contributed by atoms with Gasteiger partial charge in [0.05, 0.1) is 6.04 Å². The molecule has 0 radical (unpaired) electrons. The topological polar surface area (TPSA) is 68.2 Å². The number of carbonyl (C=O) groups excluding carboxylic acids is 1. The number of urea groups is 1. The molecule has 1 atom stereocenters. The number of nitrogens with zero attached hydrogens (tertiary/aromatic N) is 2. The molecule has 2 aromatic rings. The molecule has 0 aliphatic heterocycles. The zero-order valence-electron chi connectivity index (χ0n) is 14.1. The van der Waals surface area contributed by atoms with E-state index in [0.29, 0.717) is 5.82 Å². The molecule has 3 rings (SSSR count). The quantitative estimate of drug-likeness (QED) is 0.886. The van der Waals surface area contributed by atoms with Crippen LogP contribution in [0.2, 0.25) is 0 Å². The van der Waals surface area contributed by atoms with Gasteiger partial charge in [-0.1, -0.05) is 6.07 Å². The van der Waals surface area contributed by atoms with Crippen molar-refractivity contribution in [1.82, 2.24) is 15.1 Å². The van der Waals surface area contributed by atoms with Gasteiger partial charge in [-0.2, -0.15) is 13.9 Å². The first-order valence-corrected chi connectivity index (χ1v) is 8.08. The molecule has 1 aliphatic carbocycles. The van der Waals surface area contributed by atoms with Crippen LogP contribution in [0, 0.1) is 6.92 Å². The fourth-order valence-electron chi connectivity index (χ4n) is 3.05. The molecule has 0 fully saturated rings. The summed E-state index contributed by atoms with van der Waals surface area (Å²) in [5.74, 6) is 0.622. The number of amides is 2. The highest BCUT2D eigenvalue weighted by atomic mass is 19.3. The number of carbonyl (C=O) groups is 1. The molecule has 1 unspecified atom stereocenters. The second-order valence-electron chi connectivity index (χ2n) is 6.08. The van der Waals surface area contributed by atoms with Gasteiger partial charge < -0.3 is 10.1 Å². The number of benzene rings is 1. The molecule has 134 valence electrons. The summed E-state index contributed by atoms with van der Waals surface area (Å²) < 4.78 is 30.8. The van der Waals surface area contributed by atoms with Gasteiger partial charge in [-0.25, -0.2) is 4.79 Å². The van der Waals surface area contributed by atoms with Crippen LogP contribution in [0.25, 0.3) is 0 Å². The SMILES string of the molecule is Cc1cc(NC(=O)NC2CCCc3cc(OC(F)F)ccc32)nn1C. The Morgan fingerprint density at radius 3 is 2.88 bits per heavy atom. The zero-order valence-corrected chi connectivity index (χ0v) is 14.1. The van der Waals surface area contributed by atoms with Crippen LogP contribution in [-0.2, 0) is 13.5 Å². The Morgan fingerprint density at radius 1 is 1.40 bits per heavy atom. The Labute approximate surface area is 144 Å². The van der Waals surface area contributed by atoms with Gasteiger partial charge in [-0.3, -0.25) is 10.00 Å². The summed E-state index contributed by atoms with van der Waals surface area (Å²) in [6.07, 6.45) is 2.42. The first-order valence-electron chi connectivity index (χ1n) is 8.08. The molecule has 1 aromatic carbocycles. The molecule has 0 bridgehead atoms. The number of aromatic nitrogens is 2. The summed E-state index contributed by atoms with van der Waals surface area (Å²) in [6.45, 7) is -0.949. The lowest BCUT2D eigenvalue weighted by Gasteiger charge is -2.26. The van der Waals surface area contributed by atoms with Crippen LogP contribution in [0.3, 0.4) is 0 Å². The van der Waals surface area contributed by atoms with Crippen LogP contribution in [0.15, 0.2) is 24.3 Å². The van der Waals surface area contributed by atoms with E-state index in [1.165, 1.54) is 6.07 Å². The van der Waals surface area contributed by atoms with Crippen LogP contribution in [-0.4, -0.2) is 22.4 Å². The molecule has 0 saturated carbocycles. The minimum Gasteiger partial charge on any atom is -0.435 e. The molecule has 1 aliphatic rings. The summed E-state index contributed by atoms with van der Waals surface area (Å²) in [6, 6.07) is 6.13. The minimum absolute atomic E-state index is 0.141. The van der Waals surface area contributed by atoms with E-state index in [2.05, 4.69) is 20.5 Å². The third-order valence-electron chi connectivity index (χ3n) is 4.31. The summed E-state index contributed by atoms with van der Waals surface area (Å²) in [4.78, 5) is 12.2. The minimum atomic E-state index is -2.84. The molecule has 2 amide bonds. The highest BCUT2D eigenvalue weighted by Crippen LogP contribution is 2.32. The monoisotopic (exact) mass is 350 g/mol. The number of halogens is 2. The largest absolute Gasteiger partial charge is 0.435 e. The number of anilines is 1. The fourth-order valence-corrected chi connectivity index (χ4v) is 3.05. The standard InChI is InChI=1S/C17H20F2N4O2/c1-10-8-15(22-23(10)2)21-17(24)20-14-5-3-4-11-9-12(25-16(18)19)6-7-13(11)14/h6-9,14,16H,3-5H2,1-2H3,(H2,20,21,22,24). The van der Waals surface area contributed by atoms with Crippen LogP contribution in [0.4, 0.5) is 19.4 Å². The van der Waals surface area contributed by atoms with Gasteiger partial charge in [0, 0.05) is 18.8 Å². The maximum Gasteiger partial charge on any atom is 0.387 e. The van der Waals surface area contributed by atoms with Crippen molar-refractivity contribution in [2.24, 2.45) is 7.05 Å². The summed E-state index contributed by atoms with van der Waals surface area (Å²) in [5, 5.41) is 9.82. The average Bonchev–Trinajstić information content (AvgIpc) is 2.84. The van der Waals surface area contributed by atoms with E-state index >= 15 is 0 Å². The van der Waals surface area contributed by atoms with Gasteiger partial charge in [0.2, 0.25) is 0 Å². The van der Waals surface area contributed by atoms with Crippen LogP contribution >= 0.6 is 0 Å². The Kier molecular flexibility index (Phi) is 4.87. The molecule has 6 nitrogen and oxygen atoms in total. The predicted molar refractivity (Wildman–Crippen MR) is 88.9 cm³/mol. The predicted octanol–water partition coefficient (Wildman–Crippen LogP) is 3.53. The molecule has 1 aromatic heterocycles. The number of alkyl halides is 2. The third kappa shape index (κ3) is 4.07. The van der Waals surface area contributed by atoms with Gasteiger partial charge in [0.15, 0.2) is 5.82 Å². The van der Waals surface area contributed by atoms with Gasteiger partial charge in [0.1, 0.15) is 5.75 Å². The Morgan fingerprint density at radius 2 is 2.20 bits per heavy atom. The highest BCUT2D eigenvalue weighted by molar-refractivity contribution is 5.88. The molecule has 2 N–H and O–H groups in total. The van der Waals surface area contributed by atoms with E-state index in [-0.39, 0.29) is 17.8 Å². The van der Waals surface area contributed by atoms with Crippen molar-refractivity contribution >= 4 is 11.8 Å². The molecule has 8 heteroatoms. The first kappa shape index (κ1) is 17.2. The molecular formula is C17H20F2N4O2. The number of fused-ring (bicyclic) bond motifs is 1. The average molecular weight is 350 g/mol. The summed E-state index contributed by atoms with van der Waals surface area (Å²) in [7, 11) is 1.80. The van der Waals surface area contributed by atoms with E-state index in [9.17, 15) is 13.6 Å². The number of nitrogens with one attached hydrogen (secondary N) is 2. The number of rotatable bonds is 4. The van der Waals surface area contributed by atoms with Gasteiger partial charge >= 0.3 is 12.6 Å². The highest BCUT2D eigenvalue weighted by Gasteiger charge is 2.23.